The van der Waals surface area contributed by atoms with Crippen molar-refractivity contribution in [2.45, 2.75) is 6.61 Å². The maximum Gasteiger partial charge on any atom is 0.387 e. The van der Waals surface area contributed by atoms with Gasteiger partial charge in [-0.05, 0) is 30.3 Å². The van der Waals surface area contributed by atoms with Crippen molar-refractivity contribution in [3.05, 3.63) is 58.6 Å². The first kappa shape index (κ1) is 20.4. The number of carbonyl (C=O) groups is 2. The van der Waals surface area contributed by atoms with E-state index in [1.807, 2.05) is 0 Å². The number of hydrogen-bond donors (Lipinski definition) is 2. The Balaban J connectivity index is 1.88. The summed E-state index contributed by atoms with van der Waals surface area (Å²) in [6.45, 7) is -2.75. The number of amides is 2. The van der Waals surface area contributed by atoms with Gasteiger partial charge in [0.2, 0.25) is 0 Å². The molecule has 0 fully saturated rings. The summed E-state index contributed by atoms with van der Waals surface area (Å²) in [5.74, 6) is -1.04. The topological polar surface area (TPSA) is 76.7 Å². The Bertz CT molecular complexity index is 818. The van der Waals surface area contributed by atoms with E-state index in [0.29, 0.717) is 10.6 Å². The number of benzene rings is 2. The molecule has 144 valence electrons. The Morgan fingerprint density at radius 1 is 1.04 bits per heavy atom. The van der Waals surface area contributed by atoms with Crippen LogP contribution >= 0.6 is 11.6 Å². The smallest absolute Gasteiger partial charge is 0.387 e. The van der Waals surface area contributed by atoms with Crippen molar-refractivity contribution in [1.82, 2.24) is 10.6 Å². The van der Waals surface area contributed by atoms with Crippen LogP contribution in [0.25, 0.3) is 0 Å². The average Bonchev–Trinajstić information content (AvgIpc) is 2.64. The molecule has 2 rings (SSSR count). The lowest BCUT2D eigenvalue weighted by Gasteiger charge is -2.12. The van der Waals surface area contributed by atoms with E-state index in [-0.39, 0.29) is 36.1 Å². The second-order valence-corrected chi connectivity index (χ2v) is 5.64. The van der Waals surface area contributed by atoms with Crippen LogP contribution in [-0.4, -0.2) is 38.6 Å². The van der Waals surface area contributed by atoms with Crippen LogP contribution in [0.1, 0.15) is 20.7 Å². The molecule has 2 aromatic rings. The van der Waals surface area contributed by atoms with Crippen molar-refractivity contribution < 1.29 is 27.8 Å². The van der Waals surface area contributed by atoms with E-state index in [1.54, 1.807) is 24.3 Å². The molecule has 2 N–H and O–H groups in total. The number of methoxy groups -OCH3 is 1. The molecule has 0 spiro atoms. The van der Waals surface area contributed by atoms with E-state index in [2.05, 4.69) is 15.4 Å². The Morgan fingerprint density at radius 2 is 1.70 bits per heavy atom. The van der Waals surface area contributed by atoms with Crippen LogP contribution in [0.5, 0.6) is 11.5 Å². The van der Waals surface area contributed by atoms with Gasteiger partial charge in [0.1, 0.15) is 0 Å². The number of ether oxygens (including phenoxy) is 2. The zero-order chi connectivity index (χ0) is 19.8. The van der Waals surface area contributed by atoms with E-state index >= 15 is 0 Å². The highest BCUT2D eigenvalue weighted by molar-refractivity contribution is 6.33. The highest BCUT2D eigenvalue weighted by Crippen LogP contribution is 2.29. The summed E-state index contributed by atoms with van der Waals surface area (Å²) >= 11 is 5.93. The highest BCUT2D eigenvalue weighted by Gasteiger charge is 2.14. The molecule has 0 saturated heterocycles. The molecule has 0 radical (unpaired) electrons. The van der Waals surface area contributed by atoms with Crippen LogP contribution < -0.4 is 20.1 Å². The summed E-state index contributed by atoms with van der Waals surface area (Å²) in [5, 5.41) is 5.51. The highest BCUT2D eigenvalue weighted by atomic mass is 35.5. The SMILES string of the molecule is COc1ccc(C(=O)NCCNC(=O)c2ccccc2Cl)cc1OC(F)F. The number of hydrogen-bond acceptors (Lipinski definition) is 4. The Morgan fingerprint density at radius 3 is 2.33 bits per heavy atom. The first-order valence-electron chi connectivity index (χ1n) is 7.86. The van der Waals surface area contributed by atoms with E-state index in [9.17, 15) is 18.4 Å². The summed E-state index contributed by atoms with van der Waals surface area (Å²) in [6.07, 6.45) is 0. The predicted molar refractivity (Wildman–Crippen MR) is 95.7 cm³/mol. The summed E-state index contributed by atoms with van der Waals surface area (Å²) < 4.78 is 34.1. The lowest BCUT2D eigenvalue weighted by Crippen LogP contribution is -2.34. The summed E-state index contributed by atoms with van der Waals surface area (Å²) in [4.78, 5) is 24.1. The minimum atomic E-state index is -3.04. The van der Waals surface area contributed by atoms with Crippen LogP contribution in [-0.2, 0) is 0 Å². The van der Waals surface area contributed by atoms with Gasteiger partial charge in [-0.3, -0.25) is 9.59 Å². The molecule has 6 nitrogen and oxygen atoms in total. The number of nitrogens with one attached hydrogen (secondary N) is 2. The van der Waals surface area contributed by atoms with Gasteiger partial charge in [-0.15, -0.1) is 0 Å². The maximum atomic E-state index is 12.4. The molecule has 0 bridgehead atoms. The fourth-order valence-electron chi connectivity index (χ4n) is 2.20. The van der Waals surface area contributed by atoms with Gasteiger partial charge in [0.15, 0.2) is 11.5 Å². The van der Waals surface area contributed by atoms with Gasteiger partial charge in [-0.25, -0.2) is 0 Å². The van der Waals surface area contributed by atoms with Crippen molar-refractivity contribution in [3.8, 4) is 11.5 Å². The van der Waals surface area contributed by atoms with Crippen LogP contribution in [0, 0.1) is 0 Å². The van der Waals surface area contributed by atoms with Crippen molar-refractivity contribution in [2.75, 3.05) is 20.2 Å². The Kier molecular flexibility index (Phi) is 7.36. The fraction of sp³-hybridized carbons (Fsp3) is 0.222. The largest absolute Gasteiger partial charge is 0.493 e. The third kappa shape index (κ3) is 5.82. The number of halogens is 3. The molecule has 0 aromatic heterocycles. The van der Waals surface area contributed by atoms with Crippen LogP contribution in [0.3, 0.4) is 0 Å². The number of carbonyl (C=O) groups excluding carboxylic acids is 2. The maximum absolute atomic E-state index is 12.4. The molecule has 0 saturated carbocycles. The van der Waals surface area contributed by atoms with Gasteiger partial charge in [0.05, 0.1) is 17.7 Å². The monoisotopic (exact) mass is 398 g/mol. The molecule has 0 heterocycles. The summed E-state index contributed by atoms with van der Waals surface area (Å²) in [7, 11) is 1.30. The zero-order valence-electron chi connectivity index (χ0n) is 14.3. The minimum Gasteiger partial charge on any atom is -0.493 e. The van der Waals surface area contributed by atoms with E-state index < -0.39 is 12.5 Å². The predicted octanol–water partition coefficient (Wildman–Crippen LogP) is 3.11. The number of rotatable bonds is 8. The first-order chi connectivity index (χ1) is 12.9. The molecule has 0 aliphatic carbocycles. The average molecular weight is 399 g/mol. The van der Waals surface area contributed by atoms with Crippen molar-refractivity contribution >= 4 is 23.4 Å². The molecular formula is C18H17ClF2N2O4. The summed E-state index contributed by atoms with van der Waals surface area (Å²) in [6, 6.07) is 10.5. The van der Waals surface area contributed by atoms with Gasteiger partial charge in [0.25, 0.3) is 11.8 Å². The van der Waals surface area contributed by atoms with Crippen LogP contribution in [0.2, 0.25) is 5.02 Å². The lowest BCUT2D eigenvalue weighted by atomic mass is 10.2. The first-order valence-corrected chi connectivity index (χ1v) is 8.24. The molecule has 2 aromatic carbocycles. The van der Waals surface area contributed by atoms with Crippen LogP contribution in [0.4, 0.5) is 8.78 Å². The Hall–Kier alpha value is -2.87. The second kappa shape index (κ2) is 9.72. The van der Waals surface area contributed by atoms with Crippen LogP contribution in [0.15, 0.2) is 42.5 Å². The van der Waals surface area contributed by atoms with Gasteiger partial charge in [-0.1, -0.05) is 23.7 Å². The lowest BCUT2D eigenvalue weighted by molar-refractivity contribution is -0.0512. The van der Waals surface area contributed by atoms with Crippen molar-refractivity contribution in [2.24, 2.45) is 0 Å². The van der Waals surface area contributed by atoms with E-state index in [1.165, 1.54) is 19.2 Å². The summed E-state index contributed by atoms with van der Waals surface area (Å²) in [5.41, 5.74) is 0.443. The molecule has 2 amide bonds. The number of alkyl halides is 2. The van der Waals surface area contributed by atoms with Gasteiger partial charge in [0, 0.05) is 18.7 Å². The van der Waals surface area contributed by atoms with Crippen molar-refractivity contribution in [3.63, 3.8) is 0 Å². The van der Waals surface area contributed by atoms with E-state index in [0.717, 1.165) is 6.07 Å². The molecule has 0 atom stereocenters. The Labute approximate surface area is 159 Å². The quantitative estimate of drug-likeness (QED) is 0.670. The molecular weight excluding hydrogens is 382 g/mol. The van der Waals surface area contributed by atoms with Crippen molar-refractivity contribution in [1.29, 1.82) is 0 Å². The normalized spacial score (nSPS) is 10.4. The fourth-order valence-corrected chi connectivity index (χ4v) is 2.42. The molecule has 27 heavy (non-hydrogen) atoms. The second-order valence-electron chi connectivity index (χ2n) is 5.24. The minimum absolute atomic E-state index is 0.0823. The molecule has 0 unspecified atom stereocenters. The zero-order valence-corrected chi connectivity index (χ0v) is 15.1. The van der Waals surface area contributed by atoms with Gasteiger partial charge < -0.3 is 20.1 Å². The van der Waals surface area contributed by atoms with Gasteiger partial charge >= 0.3 is 6.61 Å². The third-order valence-corrected chi connectivity index (χ3v) is 3.79. The molecule has 9 heteroatoms. The van der Waals surface area contributed by atoms with E-state index in [4.69, 9.17) is 16.3 Å². The standard InChI is InChI=1S/C18H17ClF2N2O4/c1-26-14-7-6-11(10-15(14)27-18(20)21)16(24)22-8-9-23-17(25)12-4-2-3-5-13(12)19/h2-7,10,18H,8-9H2,1H3,(H,22,24)(H,23,25). The third-order valence-electron chi connectivity index (χ3n) is 3.46. The molecule has 0 aliphatic heterocycles. The van der Waals surface area contributed by atoms with Gasteiger partial charge in [-0.2, -0.15) is 8.78 Å². The molecule has 0 aliphatic rings.